The molecular weight excluding hydrogens is 319 g/mol. The molecule has 4 nitrogen and oxygen atoms in total. The number of carbonyl (C=O) groups excluding carboxylic acids is 1. The lowest BCUT2D eigenvalue weighted by atomic mass is 9.82. The number of aryl methyl sites for hydroxylation is 1. The number of nitrogens with zero attached hydrogens (tertiary/aromatic N) is 2. The van der Waals surface area contributed by atoms with E-state index in [4.69, 9.17) is 11.6 Å². The normalized spacial score (nSPS) is 22.6. The van der Waals surface area contributed by atoms with Gasteiger partial charge in [0.1, 0.15) is 0 Å². The Bertz CT molecular complexity index is 530. The fourth-order valence-corrected chi connectivity index (χ4v) is 3.23. The second-order valence-electron chi connectivity index (χ2n) is 5.83. The summed E-state index contributed by atoms with van der Waals surface area (Å²) in [4.78, 5) is 12.1. The Hall–Kier alpha value is -1.24. The molecule has 1 aromatic heterocycles. The van der Waals surface area contributed by atoms with Crippen molar-refractivity contribution in [1.82, 2.24) is 15.1 Å². The highest BCUT2D eigenvalue weighted by molar-refractivity contribution is 6.30. The van der Waals surface area contributed by atoms with Gasteiger partial charge < -0.3 is 5.32 Å². The van der Waals surface area contributed by atoms with E-state index in [9.17, 15) is 18.0 Å². The summed E-state index contributed by atoms with van der Waals surface area (Å²) in [6, 6.07) is -0.418. The van der Waals surface area contributed by atoms with Crippen LogP contribution in [0, 0.1) is 5.92 Å². The van der Waals surface area contributed by atoms with Crippen LogP contribution in [0.1, 0.15) is 37.7 Å². The highest BCUT2D eigenvalue weighted by Gasteiger charge is 2.37. The predicted octanol–water partition coefficient (Wildman–Crippen LogP) is 3.24. The van der Waals surface area contributed by atoms with Crippen LogP contribution < -0.4 is 5.32 Å². The predicted molar refractivity (Wildman–Crippen MR) is 76.5 cm³/mol. The average molecular weight is 338 g/mol. The minimum atomic E-state index is -4.20. The summed E-state index contributed by atoms with van der Waals surface area (Å²) < 4.78 is 39.3. The minimum absolute atomic E-state index is 0.0297. The average Bonchev–Trinajstić information content (AvgIpc) is 2.68. The van der Waals surface area contributed by atoms with Gasteiger partial charge in [0.25, 0.3) is 0 Å². The van der Waals surface area contributed by atoms with Crippen molar-refractivity contribution in [2.24, 2.45) is 13.0 Å². The molecule has 0 spiro atoms. The molecule has 2 rings (SSSR count). The highest BCUT2D eigenvalue weighted by Crippen LogP contribution is 2.34. The third kappa shape index (κ3) is 4.90. The lowest BCUT2D eigenvalue weighted by molar-refractivity contribution is -0.150. The molecule has 8 heteroatoms. The third-order valence-corrected chi connectivity index (χ3v) is 4.27. The van der Waals surface area contributed by atoms with Crippen LogP contribution in [0.4, 0.5) is 13.2 Å². The second-order valence-corrected chi connectivity index (χ2v) is 6.19. The zero-order valence-electron chi connectivity index (χ0n) is 12.3. The summed E-state index contributed by atoms with van der Waals surface area (Å²) in [5, 5.41) is 6.91. The lowest BCUT2D eigenvalue weighted by Gasteiger charge is -2.32. The van der Waals surface area contributed by atoms with E-state index in [2.05, 4.69) is 10.4 Å². The van der Waals surface area contributed by atoms with Crippen molar-refractivity contribution >= 4 is 17.5 Å². The Morgan fingerprint density at radius 3 is 2.73 bits per heavy atom. The van der Waals surface area contributed by atoms with Crippen molar-refractivity contribution in [2.45, 2.75) is 50.7 Å². The lowest BCUT2D eigenvalue weighted by Crippen LogP contribution is -2.44. The summed E-state index contributed by atoms with van der Waals surface area (Å²) in [5.41, 5.74) is 0.574. The Kier molecular flexibility index (Phi) is 5.36. The third-order valence-electron chi connectivity index (χ3n) is 3.95. The largest absolute Gasteiger partial charge is 0.389 e. The molecule has 0 bridgehead atoms. The first-order valence-electron chi connectivity index (χ1n) is 7.29. The molecular formula is C14H19ClF3N3O. The maximum atomic E-state index is 12.6. The van der Waals surface area contributed by atoms with E-state index in [0.717, 1.165) is 12.8 Å². The molecule has 0 aromatic carbocycles. The van der Waals surface area contributed by atoms with Gasteiger partial charge in [-0.3, -0.25) is 9.48 Å². The van der Waals surface area contributed by atoms with E-state index >= 15 is 0 Å². The number of aromatic nitrogens is 2. The summed E-state index contributed by atoms with van der Waals surface area (Å²) in [7, 11) is 1.69. The maximum Gasteiger partial charge on any atom is 0.389 e. The molecule has 2 atom stereocenters. The van der Waals surface area contributed by atoms with E-state index in [-0.39, 0.29) is 17.5 Å². The molecule has 0 radical (unpaired) electrons. The van der Waals surface area contributed by atoms with Crippen molar-refractivity contribution in [1.29, 1.82) is 0 Å². The molecule has 0 unspecified atom stereocenters. The van der Waals surface area contributed by atoms with Crippen LogP contribution in [-0.4, -0.2) is 27.9 Å². The van der Waals surface area contributed by atoms with E-state index < -0.39 is 24.6 Å². The van der Waals surface area contributed by atoms with Gasteiger partial charge in [-0.1, -0.05) is 24.4 Å². The molecule has 1 fully saturated rings. The fourth-order valence-electron chi connectivity index (χ4n) is 3.00. The first kappa shape index (κ1) is 17.1. The van der Waals surface area contributed by atoms with Gasteiger partial charge in [-0.05, 0) is 18.8 Å². The molecule has 1 aromatic rings. The molecule has 124 valence electrons. The van der Waals surface area contributed by atoms with Crippen LogP contribution in [0.25, 0.3) is 0 Å². The number of nitrogens with one attached hydrogen (secondary N) is 1. The van der Waals surface area contributed by atoms with Crippen molar-refractivity contribution in [2.75, 3.05) is 0 Å². The number of hydrogen-bond donors (Lipinski definition) is 1. The van der Waals surface area contributed by atoms with Gasteiger partial charge >= 0.3 is 6.18 Å². The fraction of sp³-hybridized carbons (Fsp3) is 0.714. The van der Waals surface area contributed by atoms with Crippen LogP contribution in [0.3, 0.4) is 0 Å². The van der Waals surface area contributed by atoms with Crippen LogP contribution in [0.5, 0.6) is 0 Å². The quantitative estimate of drug-likeness (QED) is 0.916. The van der Waals surface area contributed by atoms with E-state index in [0.29, 0.717) is 18.4 Å². The van der Waals surface area contributed by atoms with Crippen molar-refractivity contribution < 1.29 is 18.0 Å². The van der Waals surface area contributed by atoms with Crippen molar-refractivity contribution in [3.05, 3.63) is 16.9 Å². The SMILES string of the molecule is Cn1cc(CC(=O)N[C@H]2CCCC[C@H]2CC(F)(F)F)c(Cl)n1. The number of alkyl halides is 3. The van der Waals surface area contributed by atoms with E-state index in [1.54, 1.807) is 13.2 Å². The van der Waals surface area contributed by atoms with Gasteiger partial charge in [-0.25, -0.2) is 0 Å². The molecule has 0 aliphatic heterocycles. The molecule has 1 aliphatic carbocycles. The monoisotopic (exact) mass is 337 g/mol. The highest BCUT2D eigenvalue weighted by atomic mass is 35.5. The Labute approximate surface area is 132 Å². The Morgan fingerprint density at radius 2 is 2.14 bits per heavy atom. The summed E-state index contributed by atoms with van der Waals surface area (Å²) in [6.45, 7) is 0. The standard InChI is InChI=1S/C14H19ClF3N3O/c1-21-8-10(13(15)20-21)6-12(22)19-11-5-3-2-4-9(11)7-14(16,17)18/h8-9,11H,2-7H2,1H3,(H,19,22)/t9-,11-/m0/s1. The molecule has 0 saturated heterocycles. The maximum absolute atomic E-state index is 12.6. The smallest absolute Gasteiger partial charge is 0.353 e. The summed E-state index contributed by atoms with van der Waals surface area (Å²) in [5.74, 6) is -0.851. The number of hydrogen-bond acceptors (Lipinski definition) is 2. The summed E-state index contributed by atoms with van der Waals surface area (Å²) in [6.07, 6.45) is -0.666. The minimum Gasteiger partial charge on any atom is -0.353 e. The van der Waals surface area contributed by atoms with Gasteiger partial charge in [-0.2, -0.15) is 18.3 Å². The van der Waals surface area contributed by atoms with E-state index in [1.165, 1.54) is 4.68 Å². The summed E-state index contributed by atoms with van der Waals surface area (Å²) >= 11 is 5.89. The Morgan fingerprint density at radius 1 is 1.45 bits per heavy atom. The number of amides is 1. The Balaban J connectivity index is 1.94. The number of rotatable bonds is 4. The van der Waals surface area contributed by atoms with Crippen LogP contribution >= 0.6 is 11.6 Å². The molecule has 1 N–H and O–H groups in total. The first-order valence-corrected chi connectivity index (χ1v) is 7.66. The van der Waals surface area contributed by atoms with Crippen LogP contribution in [-0.2, 0) is 18.3 Å². The van der Waals surface area contributed by atoms with Crippen LogP contribution in [0.15, 0.2) is 6.20 Å². The topological polar surface area (TPSA) is 46.9 Å². The van der Waals surface area contributed by atoms with Crippen molar-refractivity contribution in [3.63, 3.8) is 0 Å². The number of halogens is 4. The molecule has 1 amide bonds. The molecule has 1 heterocycles. The van der Waals surface area contributed by atoms with Gasteiger partial charge in [0.2, 0.25) is 5.91 Å². The van der Waals surface area contributed by atoms with Gasteiger partial charge in [0.15, 0.2) is 5.15 Å². The van der Waals surface area contributed by atoms with Crippen LogP contribution in [0.2, 0.25) is 5.15 Å². The zero-order chi connectivity index (χ0) is 16.3. The van der Waals surface area contributed by atoms with Crippen molar-refractivity contribution in [3.8, 4) is 0 Å². The van der Waals surface area contributed by atoms with Gasteiger partial charge in [-0.15, -0.1) is 0 Å². The second kappa shape index (κ2) is 6.89. The zero-order valence-corrected chi connectivity index (χ0v) is 13.0. The number of carbonyl (C=O) groups is 1. The molecule has 1 saturated carbocycles. The molecule has 22 heavy (non-hydrogen) atoms. The van der Waals surface area contributed by atoms with E-state index in [1.807, 2.05) is 0 Å². The first-order chi connectivity index (χ1) is 10.2. The molecule has 1 aliphatic rings. The van der Waals surface area contributed by atoms with Gasteiger partial charge in [0, 0.05) is 31.3 Å². The van der Waals surface area contributed by atoms with Gasteiger partial charge in [0.05, 0.1) is 6.42 Å².